The Morgan fingerprint density at radius 2 is 1.68 bits per heavy atom. The largest absolute Gasteiger partial charge is 0.340 e. The van der Waals surface area contributed by atoms with E-state index in [1.165, 1.54) is 24.4 Å². The number of carbonyl (C=O) groups is 2. The third kappa shape index (κ3) is 5.24. The maximum atomic E-state index is 13.7. The number of hydrazone groups is 1. The molecule has 130 valence electrons. The summed E-state index contributed by atoms with van der Waals surface area (Å²) in [6, 6.07) is 14.1. The van der Waals surface area contributed by atoms with Crippen molar-refractivity contribution < 1.29 is 14.0 Å². The molecule has 0 saturated heterocycles. The predicted octanol–water partition coefficient (Wildman–Crippen LogP) is 2.73. The molecule has 0 bridgehead atoms. The Balaban J connectivity index is 2.02. The molecule has 0 heterocycles. The summed E-state index contributed by atoms with van der Waals surface area (Å²) >= 11 is 0. The van der Waals surface area contributed by atoms with Gasteiger partial charge < -0.3 is 5.32 Å². The van der Waals surface area contributed by atoms with Gasteiger partial charge in [-0.15, -0.1) is 0 Å². The van der Waals surface area contributed by atoms with Crippen molar-refractivity contribution >= 4 is 18.0 Å². The summed E-state index contributed by atoms with van der Waals surface area (Å²) in [7, 11) is 0. The highest BCUT2D eigenvalue weighted by Crippen LogP contribution is 2.09. The predicted molar refractivity (Wildman–Crippen MR) is 94.7 cm³/mol. The summed E-state index contributed by atoms with van der Waals surface area (Å²) in [5.41, 5.74) is 3.14. The van der Waals surface area contributed by atoms with E-state index in [4.69, 9.17) is 0 Å². The lowest BCUT2D eigenvalue weighted by Crippen LogP contribution is -2.48. The molecule has 0 radical (unpaired) electrons. The third-order valence-corrected chi connectivity index (χ3v) is 3.54. The first-order valence-corrected chi connectivity index (χ1v) is 7.92. The molecule has 2 aromatic rings. The maximum absolute atomic E-state index is 13.7. The molecule has 0 spiro atoms. The third-order valence-electron chi connectivity index (χ3n) is 3.54. The Hall–Kier alpha value is -3.02. The van der Waals surface area contributed by atoms with Gasteiger partial charge in [0.15, 0.2) is 0 Å². The van der Waals surface area contributed by atoms with Crippen molar-refractivity contribution in [3.05, 3.63) is 71.5 Å². The van der Waals surface area contributed by atoms with E-state index in [0.717, 1.165) is 5.56 Å². The van der Waals surface area contributed by atoms with Crippen LogP contribution in [0.1, 0.15) is 29.8 Å². The lowest BCUT2D eigenvalue weighted by atomic mass is 10.0. The van der Waals surface area contributed by atoms with E-state index < -0.39 is 23.7 Å². The topological polar surface area (TPSA) is 70.6 Å². The number of benzene rings is 2. The second kappa shape index (κ2) is 8.73. The zero-order valence-corrected chi connectivity index (χ0v) is 14.1. The van der Waals surface area contributed by atoms with Gasteiger partial charge in [-0.25, -0.2) is 9.82 Å². The first-order chi connectivity index (χ1) is 12.0. The molecule has 0 aliphatic carbocycles. The fourth-order valence-electron chi connectivity index (χ4n) is 2.18. The number of nitrogens with zero attached hydrogens (tertiary/aromatic N) is 1. The van der Waals surface area contributed by atoms with E-state index in [1.807, 2.05) is 30.3 Å². The van der Waals surface area contributed by atoms with Crippen LogP contribution < -0.4 is 10.7 Å². The SMILES string of the molecule is CC(C)C(NC(=O)c1ccccc1F)C(=O)NN=Cc1ccccc1. The number of carbonyl (C=O) groups excluding carboxylic acids is 2. The lowest BCUT2D eigenvalue weighted by molar-refractivity contribution is -0.123. The van der Waals surface area contributed by atoms with Gasteiger partial charge in [0.2, 0.25) is 0 Å². The number of amides is 2. The van der Waals surface area contributed by atoms with Gasteiger partial charge in [-0.2, -0.15) is 5.10 Å². The van der Waals surface area contributed by atoms with Gasteiger partial charge >= 0.3 is 0 Å². The fourth-order valence-corrected chi connectivity index (χ4v) is 2.18. The van der Waals surface area contributed by atoms with Gasteiger partial charge in [-0.1, -0.05) is 56.3 Å². The summed E-state index contributed by atoms with van der Waals surface area (Å²) < 4.78 is 13.7. The van der Waals surface area contributed by atoms with Crippen molar-refractivity contribution in [3.8, 4) is 0 Å². The molecule has 0 aromatic heterocycles. The Labute approximate surface area is 145 Å². The Morgan fingerprint density at radius 3 is 2.32 bits per heavy atom. The van der Waals surface area contributed by atoms with Crippen molar-refractivity contribution in [1.82, 2.24) is 10.7 Å². The molecule has 25 heavy (non-hydrogen) atoms. The molecule has 6 heteroatoms. The Bertz CT molecular complexity index is 760. The van der Waals surface area contributed by atoms with Gasteiger partial charge in [0, 0.05) is 0 Å². The first-order valence-electron chi connectivity index (χ1n) is 7.92. The molecule has 0 aliphatic heterocycles. The second-order valence-electron chi connectivity index (χ2n) is 5.82. The average Bonchev–Trinajstić information content (AvgIpc) is 2.60. The van der Waals surface area contributed by atoms with Crippen LogP contribution in [0.15, 0.2) is 59.7 Å². The molecule has 0 saturated carbocycles. The van der Waals surface area contributed by atoms with Crippen LogP contribution in [0.25, 0.3) is 0 Å². The number of halogens is 1. The zero-order chi connectivity index (χ0) is 18.2. The van der Waals surface area contributed by atoms with E-state index in [9.17, 15) is 14.0 Å². The van der Waals surface area contributed by atoms with Gasteiger partial charge in [0.05, 0.1) is 11.8 Å². The van der Waals surface area contributed by atoms with Crippen molar-refractivity contribution in [2.24, 2.45) is 11.0 Å². The summed E-state index contributed by atoms with van der Waals surface area (Å²) in [5.74, 6) is -1.93. The van der Waals surface area contributed by atoms with Crippen LogP contribution in [0.5, 0.6) is 0 Å². The number of nitrogens with one attached hydrogen (secondary N) is 2. The van der Waals surface area contributed by atoms with Gasteiger partial charge in [0.25, 0.3) is 11.8 Å². The minimum Gasteiger partial charge on any atom is -0.340 e. The van der Waals surface area contributed by atoms with E-state index in [1.54, 1.807) is 19.9 Å². The average molecular weight is 341 g/mol. The fraction of sp³-hybridized carbons (Fsp3) is 0.211. The van der Waals surface area contributed by atoms with E-state index in [0.29, 0.717) is 0 Å². The van der Waals surface area contributed by atoms with Crippen molar-refractivity contribution in [2.75, 3.05) is 0 Å². The molecule has 2 rings (SSSR count). The molecular formula is C19H20FN3O2. The molecule has 2 N–H and O–H groups in total. The van der Waals surface area contributed by atoms with Crippen LogP contribution >= 0.6 is 0 Å². The molecule has 2 aromatic carbocycles. The highest BCUT2D eigenvalue weighted by molar-refractivity contribution is 5.98. The van der Waals surface area contributed by atoms with Crippen molar-refractivity contribution in [3.63, 3.8) is 0 Å². The maximum Gasteiger partial charge on any atom is 0.262 e. The normalized spacial score (nSPS) is 12.2. The van der Waals surface area contributed by atoms with Crippen LogP contribution in [0, 0.1) is 11.7 Å². The van der Waals surface area contributed by atoms with Crippen molar-refractivity contribution in [1.29, 1.82) is 0 Å². The molecule has 5 nitrogen and oxygen atoms in total. The van der Waals surface area contributed by atoms with Gasteiger partial charge in [0.1, 0.15) is 11.9 Å². The highest BCUT2D eigenvalue weighted by Gasteiger charge is 2.25. The standard InChI is InChI=1S/C19H20FN3O2/c1-13(2)17(22-18(24)15-10-6-7-11-16(15)20)19(25)23-21-12-14-8-4-3-5-9-14/h3-13,17H,1-2H3,(H,22,24)(H,23,25). The minimum absolute atomic E-state index is 0.103. The molecule has 0 aliphatic rings. The highest BCUT2D eigenvalue weighted by atomic mass is 19.1. The van der Waals surface area contributed by atoms with Gasteiger partial charge in [-0.3, -0.25) is 9.59 Å². The summed E-state index contributed by atoms with van der Waals surface area (Å²) in [4.78, 5) is 24.5. The van der Waals surface area contributed by atoms with Crippen LogP contribution in [-0.2, 0) is 4.79 Å². The number of hydrogen-bond acceptors (Lipinski definition) is 3. The molecule has 1 atom stereocenters. The Morgan fingerprint density at radius 1 is 1.04 bits per heavy atom. The number of hydrogen-bond donors (Lipinski definition) is 2. The summed E-state index contributed by atoms with van der Waals surface area (Å²) in [6.45, 7) is 3.57. The first kappa shape index (κ1) is 18.3. The van der Waals surface area contributed by atoms with Crippen LogP contribution in [0.4, 0.5) is 4.39 Å². The van der Waals surface area contributed by atoms with Crippen LogP contribution in [-0.4, -0.2) is 24.1 Å². The summed E-state index contributed by atoms with van der Waals surface area (Å²) in [5, 5.41) is 6.45. The van der Waals surface area contributed by atoms with Crippen LogP contribution in [0.2, 0.25) is 0 Å². The Kier molecular flexibility index (Phi) is 6.39. The second-order valence-corrected chi connectivity index (χ2v) is 5.82. The number of rotatable bonds is 6. The van der Waals surface area contributed by atoms with E-state index >= 15 is 0 Å². The van der Waals surface area contributed by atoms with Crippen LogP contribution in [0.3, 0.4) is 0 Å². The van der Waals surface area contributed by atoms with E-state index in [-0.39, 0.29) is 11.5 Å². The lowest BCUT2D eigenvalue weighted by Gasteiger charge is -2.20. The molecule has 2 amide bonds. The smallest absolute Gasteiger partial charge is 0.262 e. The van der Waals surface area contributed by atoms with E-state index in [2.05, 4.69) is 15.8 Å². The summed E-state index contributed by atoms with van der Waals surface area (Å²) in [6.07, 6.45) is 1.51. The molecular weight excluding hydrogens is 321 g/mol. The van der Waals surface area contributed by atoms with Gasteiger partial charge in [-0.05, 0) is 23.6 Å². The van der Waals surface area contributed by atoms with Crippen molar-refractivity contribution in [2.45, 2.75) is 19.9 Å². The minimum atomic E-state index is -0.833. The molecule has 0 fully saturated rings. The molecule has 1 unspecified atom stereocenters. The monoisotopic (exact) mass is 341 g/mol. The quantitative estimate of drug-likeness (QED) is 0.626. The zero-order valence-electron chi connectivity index (χ0n) is 14.1.